The van der Waals surface area contributed by atoms with Crippen LogP contribution in [-0.2, 0) is 16.0 Å². The molecule has 6 N–H and O–H groups in total. The zero-order valence-electron chi connectivity index (χ0n) is 16.4. The van der Waals surface area contributed by atoms with Crippen LogP contribution in [0.4, 0.5) is 5.13 Å². The number of carboxylic acids is 1. The third-order valence-electron chi connectivity index (χ3n) is 3.92. The monoisotopic (exact) mass is 431 g/mol. The predicted molar refractivity (Wildman–Crippen MR) is 111 cm³/mol. The van der Waals surface area contributed by atoms with Crippen LogP contribution in [0.3, 0.4) is 0 Å². The van der Waals surface area contributed by atoms with Gasteiger partial charge < -0.3 is 32.0 Å². The molecule has 1 unspecified atom stereocenters. The molecular weight excluding hydrogens is 408 g/mol. The molecule has 1 aromatic carbocycles. The van der Waals surface area contributed by atoms with Gasteiger partial charge in [0, 0.05) is 12.4 Å². The van der Waals surface area contributed by atoms with Crippen LogP contribution in [0.25, 0.3) is 0 Å². The molecule has 0 bridgehead atoms. The van der Waals surface area contributed by atoms with Crippen LogP contribution < -0.4 is 27.2 Å². The fraction of sp³-hybridized carbons (Fsp3) is 0.316. The number of rotatable bonds is 10. The Kier molecular flexibility index (Phi) is 8.29. The number of aromatic nitrogens is 1. The minimum absolute atomic E-state index is 0.169. The van der Waals surface area contributed by atoms with Crippen LogP contribution >= 0.6 is 11.3 Å². The van der Waals surface area contributed by atoms with Crippen LogP contribution in [0.1, 0.15) is 46.7 Å². The molecule has 2 amide bonds. The van der Waals surface area contributed by atoms with Gasteiger partial charge in [-0.1, -0.05) is 55.0 Å². The van der Waals surface area contributed by atoms with Crippen molar-refractivity contribution in [3.05, 3.63) is 46.5 Å². The maximum Gasteiger partial charge on any atom is 0.263 e. The van der Waals surface area contributed by atoms with Crippen LogP contribution in [0.15, 0.2) is 35.3 Å². The van der Waals surface area contributed by atoms with Crippen molar-refractivity contribution in [2.75, 3.05) is 6.54 Å². The number of thiazole rings is 1. The Hall–Kier alpha value is -3.47. The molecular formula is C19H23N6O4S-. The fourth-order valence-electron chi connectivity index (χ4n) is 2.67. The summed E-state index contributed by atoms with van der Waals surface area (Å²) in [6, 6.07) is 7.88. The first-order chi connectivity index (χ1) is 14.3. The second-order valence-electron chi connectivity index (χ2n) is 6.35. The average Bonchev–Trinajstić information content (AvgIpc) is 3.08. The topological polar surface area (TPSA) is 176 Å². The summed E-state index contributed by atoms with van der Waals surface area (Å²) in [5, 5.41) is 16.4. The number of nitrogens with two attached hydrogens (primary N) is 2. The van der Waals surface area contributed by atoms with Gasteiger partial charge in [-0.3, -0.25) is 9.59 Å². The van der Waals surface area contributed by atoms with Gasteiger partial charge in [0.25, 0.3) is 5.91 Å². The molecule has 10 nitrogen and oxygen atoms in total. The van der Waals surface area contributed by atoms with E-state index in [9.17, 15) is 19.5 Å². The zero-order chi connectivity index (χ0) is 22.1. The predicted octanol–water partition coefficient (Wildman–Crippen LogP) is -0.272. The number of nitrogens with one attached hydrogen (secondary N) is 2. The highest BCUT2D eigenvalue weighted by molar-refractivity contribution is 7.17. The third-order valence-corrected chi connectivity index (χ3v) is 4.91. The molecule has 1 aromatic heterocycles. The Morgan fingerprint density at radius 3 is 2.53 bits per heavy atom. The molecule has 0 aliphatic carbocycles. The normalized spacial score (nSPS) is 11.4. The summed E-state index contributed by atoms with van der Waals surface area (Å²) in [6.07, 6.45) is 0.919. The van der Waals surface area contributed by atoms with Crippen molar-refractivity contribution < 1.29 is 19.5 Å². The number of aryl methyl sites for hydroxylation is 1. The van der Waals surface area contributed by atoms with E-state index in [1.54, 1.807) is 30.3 Å². The first-order valence-electron chi connectivity index (χ1n) is 9.21. The molecule has 2 aromatic rings. The van der Waals surface area contributed by atoms with Gasteiger partial charge >= 0.3 is 0 Å². The largest absolute Gasteiger partial charge is 0.550 e. The maximum atomic E-state index is 12.5. The lowest BCUT2D eigenvalue weighted by Crippen LogP contribution is -2.40. The summed E-state index contributed by atoms with van der Waals surface area (Å²) in [4.78, 5) is 44.3. The van der Waals surface area contributed by atoms with E-state index in [2.05, 4.69) is 20.6 Å². The summed E-state index contributed by atoms with van der Waals surface area (Å²) in [5.74, 6) is -2.49. The number of hydrogen-bond donors (Lipinski definition) is 4. The highest BCUT2D eigenvalue weighted by Gasteiger charge is 2.20. The number of aliphatic carboxylic acids is 1. The molecule has 1 heterocycles. The number of hydrogen-bond acceptors (Lipinski definition) is 7. The van der Waals surface area contributed by atoms with Crippen molar-refractivity contribution in [2.45, 2.75) is 32.2 Å². The second-order valence-corrected chi connectivity index (χ2v) is 7.33. The van der Waals surface area contributed by atoms with Gasteiger partial charge in [0.05, 0.1) is 18.3 Å². The maximum absolute atomic E-state index is 12.5. The number of carboxylic acid groups (broad SMARTS) is 1. The Bertz CT molecular complexity index is 924. The summed E-state index contributed by atoms with van der Waals surface area (Å²) in [6.45, 7) is 1.60. The lowest BCUT2D eigenvalue weighted by atomic mass is 10.0. The van der Waals surface area contributed by atoms with E-state index in [0.717, 1.165) is 17.8 Å². The van der Waals surface area contributed by atoms with E-state index in [0.29, 0.717) is 22.6 Å². The smallest absolute Gasteiger partial charge is 0.263 e. The molecule has 0 radical (unpaired) electrons. The van der Waals surface area contributed by atoms with Gasteiger partial charge in [-0.05, 0) is 12.0 Å². The minimum atomic E-state index is -1.30. The highest BCUT2D eigenvalue weighted by atomic mass is 32.1. The van der Waals surface area contributed by atoms with E-state index in [4.69, 9.17) is 11.5 Å². The Labute approximate surface area is 177 Å². The van der Waals surface area contributed by atoms with E-state index < -0.39 is 23.8 Å². The van der Waals surface area contributed by atoms with Crippen molar-refractivity contribution in [2.24, 2.45) is 16.5 Å². The summed E-state index contributed by atoms with van der Waals surface area (Å²) in [5.41, 5.74) is 11.9. The lowest BCUT2D eigenvalue weighted by molar-refractivity contribution is -0.306. The Morgan fingerprint density at radius 1 is 1.23 bits per heavy atom. The quantitative estimate of drug-likeness (QED) is 0.295. The SMILES string of the molecule is CCCc1nc(N=C(N)N)sc1C(=O)NCC(=O)NC(CC(=O)[O-])c1ccccc1. The molecule has 0 fully saturated rings. The molecule has 0 aliphatic heterocycles. The van der Waals surface area contributed by atoms with E-state index in [-0.39, 0.29) is 24.1 Å². The molecule has 2 rings (SSSR count). The van der Waals surface area contributed by atoms with Crippen molar-refractivity contribution >= 4 is 40.2 Å². The standard InChI is InChI=1S/C19H24N6O4S/c1-2-6-12-16(30-19(24-12)25-18(20)21)17(29)22-10-14(26)23-13(9-15(27)28)11-7-4-3-5-8-11/h3-5,7-8,13H,2,6,9-10H2,1H3,(H,22,29)(H,23,26)(H,27,28)(H4,20,21,24,25)/p-1. The van der Waals surface area contributed by atoms with Gasteiger partial charge in [0.2, 0.25) is 11.0 Å². The molecule has 30 heavy (non-hydrogen) atoms. The van der Waals surface area contributed by atoms with Gasteiger partial charge in [0.1, 0.15) is 4.88 Å². The van der Waals surface area contributed by atoms with Crippen molar-refractivity contribution in [1.29, 1.82) is 0 Å². The van der Waals surface area contributed by atoms with Gasteiger partial charge in [-0.2, -0.15) is 4.99 Å². The molecule has 1 atom stereocenters. The van der Waals surface area contributed by atoms with Gasteiger partial charge in [0.15, 0.2) is 5.96 Å². The number of amides is 2. The van der Waals surface area contributed by atoms with Crippen LogP contribution in [0.5, 0.6) is 0 Å². The zero-order valence-corrected chi connectivity index (χ0v) is 17.2. The summed E-state index contributed by atoms with van der Waals surface area (Å²) < 4.78 is 0. The molecule has 0 aliphatic rings. The number of aliphatic imine (C=N–C) groups is 1. The number of benzene rings is 1. The number of nitrogens with zero attached hydrogens (tertiary/aromatic N) is 2. The number of guanidine groups is 1. The third kappa shape index (κ3) is 6.85. The van der Waals surface area contributed by atoms with Crippen LogP contribution in [0, 0.1) is 0 Å². The first-order valence-corrected chi connectivity index (χ1v) is 10.0. The summed E-state index contributed by atoms with van der Waals surface area (Å²) >= 11 is 1.02. The van der Waals surface area contributed by atoms with E-state index >= 15 is 0 Å². The number of carbonyl (C=O) groups is 3. The molecule has 0 saturated heterocycles. The molecule has 0 spiro atoms. The Balaban J connectivity index is 2.04. The summed E-state index contributed by atoms with van der Waals surface area (Å²) in [7, 11) is 0. The van der Waals surface area contributed by atoms with Crippen molar-refractivity contribution in [1.82, 2.24) is 15.6 Å². The first kappa shape index (κ1) is 22.8. The van der Waals surface area contributed by atoms with Gasteiger partial charge in [-0.15, -0.1) is 0 Å². The number of carbonyl (C=O) groups excluding carboxylic acids is 3. The van der Waals surface area contributed by atoms with Crippen LogP contribution in [0.2, 0.25) is 0 Å². The van der Waals surface area contributed by atoms with E-state index in [1.165, 1.54) is 0 Å². The molecule has 160 valence electrons. The molecule has 0 saturated carbocycles. The lowest BCUT2D eigenvalue weighted by Gasteiger charge is -2.20. The van der Waals surface area contributed by atoms with E-state index in [1.807, 2.05) is 6.92 Å². The van der Waals surface area contributed by atoms with Crippen molar-refractivity contribution in [3.8, 4) is 0 Å². The van der Waals surface area contributed by atoms with Crippen LogP contribution in [-0.4, -0.2) is 35.3 Å². The van der Waals surface area contributed by atoms with Gasteiger partial charge in [-0.25, -0.2) is 4.98 Å². The average molecular weight is 431 g/mol. The second kappa shape index (κ2) is 10.9. The van der Waals surface area contributed by atoms with Crippen molar-refractivity contribution in [3.63, 3.8) is 0 Å². The highest BCUT2D eigenvalue weighted by Crippen LogP contribution is 2.26. The minimum Gasteiger partial charge on any atom is -0.550 e. The molecule has 11 heteroatoms. The Morgan fingerprint density at radius 2 is 1.93 bits per heavy atom. The fourth-order valence-corrected chi connectivity index (χ4v) is 3.59.